The Kier molecular flexibility index (Phi) is 5.91. The summed E-state index contributed by atoms with van der Waals surface area (Å²) >= 11 is 0. The van der Waals surface area contributed by atoms with E-state index in [1.54, 1.807) is 31.2 Å². The molecule has 2 atom stereocenters. The summed E-state index contributed by atoms with van der Waals surface area (Å²) in [4.78, 5) is 27.6. The van der Waals surface area contributed by atoms with Crippen molar-refractivity contribution in [2.75, 3.05) is 5.32 Å². The Morgan fingerprint density at radius 1 is 1.36 bits per heavy atom. The van der Waals surface area contributed by atoms with Gasteiger partial charge in [0, 0.05) is 24.4 Å². The Hall–Kier alpha value is -2.97. The van der Waals surface area contributed by atoms with E-state index in [0.717, 1.165) is 5.56 Å². The third kappa shape index (κ3) is 5.28. The normalized spacial score (nSPS) is 19.0. The molecule has 0 aliphatic heterocycles. The largest absolute Gasteiger partial charge is 0.445 e. The fraction of sp³-hybridized carbons (Fsp3) is 0.421. The van der Waals surface area contributed by atoms with E-state index in [2.05, 4.69) is 15.6 Å². The molecule has 9 heteroatoms. The van der Waals surface area contributed by atoms with E-state index in [1.807, 2.05) is 0 Å². The molecule has 7 nitrogen and oxygen atoms in total. The Bertz CT molecular complexity index is 809. The van der Waals surface area contributed by atoms with Gasteiger partial charge < -0.3 is 14.5 Å². The third-order valence-electron chi connectivity index (χ3n) is 4.62. The minimum absolute atomic E-state index is 0.0345. The van der Waals surface area contributed by atoms with Crippen molar-refractivity contribution in [1.82, 2.24) is 10.3 Å². The molecule has 1 heterocycles. The van der Waals surface area contributed by atoms with Crippen LogP contribution in [0.25, 0.3) is 0 Å². The highest BCUT2D eigenvalue weighted by Crippen LogP contribution is 2.39. The van der Waals surface area contributed by atoms with Crippen molar-refractivity contribution in [2.45, 2.75) is 44.8 Å². The smallest absolute Gasteiger partial charge is 0.412 e. The second kappa shape index (κ2) is 8.37. The number of carbonyl (C=O) groups is 2. The third-order valence-corrected chi connectivity index (χ3v) is 4.62. The van der Waals surface area contributed by atoms with Crippen LogP contribution >= 0.6 is 0 Å². The van der Waals surface area contributed by atoms with Crippen LogP contribution in [0.4, 0.5) is 19.3 Å². The molecular weight excluding hydrogens is 372 g/mol. The maximum Gasteiger partial charge on any atom is 0.412 e. The number of nitrogens with one attached hydrogen (secondary N) is 2. The summed E-state index contributed by atoms with van der Waals surface area (Å²) in [6.45, 7) is 1.74. The fourth-order valence-electron chi connectivity index (χ4n) is 3.05. The molecule has 1 unspecified atom stereocenters. The number of aromatic nitrogens is 1. The molecule has 1 aromatic heterocycles. The number of anilines is 1. The minimum atomic E-state index is -2.75. The number of hydrogen-bond donors (Lipinski definition) is 2. The zero-order valence-corrected chi connectivity index (χ0v) is 15.3. The Balaban J connectivity index is 1.47. The molecule has 1 fully saturated rings. The summed E-state index contributed by atoms with van der Waals surface area (Å²) in [6.07, 6.45) is 1.60. The summed E-state index contributed by atoms with van der Waals surface area (Å²) in [7, 11) is 0. The van der Waals surface area contributed by atoms with Gasteiger partial charge >= 0.3 is 6.09 Å². The van der Waals surface area contributed by atoms with Crippen LogP contribution in [0.15, 0.2) is 41.3 Å². The monoisotopic (exact) mass is 393 g/mol. The summed E-state index contributed by atoms with van der Waals surface area (Å²) in [5, 5.41) is 5.34. The molecule has 1 aliphatic rings. The van der Waals surface area contributed by atoms with Crippen molar-refractivity contribution in [3.05, 3.63) is 48.2 Å². The second-order valence-corrected chi connectivity index (χ2v) is 6.82. The van der Waals surface area contributed by atoms with Crippen molar-refractivity contribution >= 4 is 17.7 Å². The number of oxazole rings is 1. The van der Waals surface area contributed by atoms with Gasteiger partial charge in [-0.05, 0) is 31.0 Å². The minimum Gasteiger partial charge on any atom is -0.445 e. The number of amides is 2. The van der Waals surface area contributed by atoms with Crippen molar-refractivity contribution < 1.29 is 27.5 Å². The lowest BCUT2D eigenvalue weighted by atomic mass is 10.0. The van der Waals surface area contributed by atoms with Crippen LogP contribution in [0.5, 0.6) is 0 Å². The molecule has 0 bridgehead atoms. The molecule has 1 aliphatic carbocycles. The van der Waals surface area contributed by atoms with E-state index >= 15 is 0 Å². The zero-order chi connectivity index (χ0) is 20.1. The predicted molar refractivity (Wildman–Crippen MR) is 95.6 cm³/mol. The maximum absolute atomic E-state index is 13.3. The van der Waals surface area contributed by atoms with E-state index in [-0.39, 0.29) is 31.4 Å². The molecule has 0 spiro atoms. The highest BCUT2D eigenvalue weighted by Gasteiger charge is 2.42. The number of carbonyl (C=O) groups excluding carboxylic acids is 2. The summed E-state index contributed by atoms with van der Waals surface area (Å²) < 4.78 is 36.5. The molecule has 2 amide bonds. The first-order valence-corrected chi connectivity index (χ1v) is 8.92. The number of hydrogen-bond acceptors (Lipinski definition) is 5. The quantitative estimate of drug-likeness (QED) is 0.773. The fourth-order valence-corrected chi connectivity index (χ4v) is 3.05. The van der Waals surface area contributed by atoms with E-state index in [4.69, 9.17) is 9.15 Å². The van der Waals surface area contributed by atoms with Crippen LogP contribution in [0.2, 0.25) is 0 Å². The number of ether oxygens (including phenoxy) is 1. The van der Waals surface area contributed by atoms with Crippen LogP contribution in [0, 0.1) is 5.92 Å². The van der Waals surface area contributed by atoms with Gasteiger partial charge in [0.25, 0.3) is 0 Å². The lowest BCUT2D eigenvalue weighted by molar-refractivity contribution is -0.126. The number of nitrogens with zero attached hydrogens (tertiary/aromatic N) is 1. The van der Waals surface area contributed by atoms with E-state index < -0.39 is 24.4 Å². The SMILES string of the molecule is C[C@H](NC(=O)C1CCC(F)(F)C1)c1ccc(NC(=O)OCc2cnco2)cc1. The number of benzene rings is 1. The number of halogens is 2. The Morgan fingerprint density at radius 3 is 2.71 bits per heavy atom. The van der Waals surface area contributed by atoms with Crippen LogP contribution in [-0.4, -0.2) is 22.9 Å². The number of rotatable bonds is 6. The first-order valence-electron chi connectivity index (χ1n) is 8.92. The summed E-state index contributed by atoms with van der Waals surface area (Å²) in [5.41, 5.74) is 1.30. The molecular formula is C19H21F2N3O4. The molecule has 1 saturated carbocycles. The second-order valence-electron chi connectivity index (χ2n) is 6.82. The molecule has 2 aromatic rings. The van der Waals surface area contributed by atoms with E-state index in [9.17, 15) is 18.4 Å². The van der Waals surface area contributed by atoms with E-state index in [0.29, 0.717) is 11.4 Å². The average Bonchev–Trinajstić information content (AvgIpc) is 3.29. The van der Waals surface area contributed by atoms with Gasteiger partial charge in [-0.15, -0.1) is 0 Å². The highest BCUT2D eigenvalue weighted by atomic mass is 19.3. The van der Waals surface area contributed by atoms with Crippen LogP contribution < -0.4 is 10.6 Å². The molecule has 2 N–H and O–H groups in total. The van der Waals surface area contributed by atoms with Gasteiger partial charge in [0.2, 0.25) is 11.8 Å². The molecule has 3 rings (SSSR count). The lowest BCUT2D eigenvalue weighted by Crippen LogP contribution is -2.32. The standard InChI is InChI=1S/C19H21F2N3O4/c1-12(23-17(25)14-6-7-19(20,21)8-14)13-2-4-15(5-3-13)24-18(26)27-10-16-9-22-11-28-16/h2-5,9,11-12,14H,6-8,10H2,1H3,(H,23,25)(H,24,26)/t12-,14?/m0/s1. The van der Waals surface area contributed by atoms with Crippen molar-refractivity contribution in [2.24, 2.45) is 5.92 Å². The topological polar surface area (TPSA) is 93.5 Å². The van der Waals surface area contributed by atoms with Crippen molar-refractivity contribution in [3.8, 4) is 0 Å². The Labute approximate surface area is 160 Å². The Morgan fingerprint density at radius 2 is 2.11 bits per heavy atom. The molecule has 28 heavy (non-hydrogen) atoms. The summed E-state index contributed by atoms with van der Waals surface area (Å²) in [6, 6.07) is 6.46. The van der Waals surface area contributed by atoms with Crippen molar-refractivity contribution in [3.63, 3.8) is 0 Å². The van der Waals surface area contributed by atoms with Gasteiger partial charge in [-0.1, -0.05) is 12.1 Å². The first-order chi connectivity index (χ1) is 13.3. The van der Waals surface area contributed by atoms with Crippen LogP contribution in [0.1, 0.15) is 43.6 Å². The summed E-state index contributed by atoms with van der Waals surface area (Å²) in [5.74, 6) is -3.34. The van der Waals surface area contributed by atoms with Crippen molar-refractivity contribution in [1.29, 1.82) is 0 Å². The van der Waals surface area contributed by atoms with Gasteiger partial charge in [-0.25, -0.2) is 18.6 Å². The maximum atomic E-state index is 13.3. The highest BCUT2D eigenvalue weighted by molar-refractivity contribution is 5.84. The van der Waals surface area contributed by atoms with Gasteiger partial charge in [0.05, 0.1) is 12.2 Å². The number of alkyl halides is 2. The van der Waals surface area contributed by atoms with Crippen LogP contribution in [0.3, 0.4) is 0 Å². The van der Waals surface area contributed by atoms with Gasteiger partial charge in [-0.2, -0.15) is 0 Å². The van der Waals surface area contributed by atoms with Gasteiger partial charge in [-0.3, -0.25) is 10.1 Å². The first kappa shape index (κ1) is 19.8. The molecule has 0 radical (unpaired) electrons. The van der Waals surface area contributed by atoms with Crippen LogP contribution in [-0.2, 0) is 16.1 Å². The van der Waals surface area contributed by atoms with Gasteiger partial charge in [0.1, 0.15) is 0 Å². The van der Waals surface area contributed by atoms with Gasteiger partial charge in [0.15, 0.2) is 18.8 Å². The lowest BCUT2D eigenvalue weighted by Gasteiger charge is -2.18. The predicted octanol–water partition coefficient (Wildman–Crippen LogP) is 4.04. The molecule has 150 valence electrons. The zero-order valence-electron chi connectivity index (χ0n) is 15.3. The van der Waals surface area contributed by atoms with E-state index in [1.165, 1.54) is 12.6 Å². The molecule has 0 saturated heterocycles. The average molecular weight is 393 g/mol. The molecule has 1 aromatic carbocycles.